The fourth-order valence-corrected chi connectivity index (χ4v) is 1.88. The molecule has 0 aliphatic rings. The molecule has 8 heteroatoms. The average Bonchev–Trinajstić information content (AvgIpc) is 2.91. The van der Waals surface area contributed by atoms with E-state index in [0.717, 1.165) is 32.5 Å². The lowest BCUT2D eigenvalue weighted by Crippen LogP contribution is -2.18. The minimum absolute atomic E-state index is 0.101. The van der Waals surface area contributed by atoms with Crippen molar-refractivity contribution in [1.29, 1.82) is 0 Å². The Morgan fingerprint density at radius 3 is 2.80 bits per heavy atom. The van der Waals surface area contributed by atoms with Crippen LogP contribution in [0.4, 0.5) is 11.4 Å². The summed E-state index contributed by atoms with van der Waals surface area (Å²) in [5.41, 5.74) is 1.16. The molecular weight excluding hydrogens is 262 g/mol. The van der Waals surface area contributed by atoms with Crippen LogP contribution >= 0.6 is 0 Å². The highest BCUT2D eigenvalue weighted by Crippen LogP contribution is 2.28. The van der Waals surface area contributed by atoms with Crippen molar-refractivity contribution in [2.24, 2.45) is 0 Å². The Kier molecular flexibility index (Phi) is 4.83. The maximum absolute atomic E-state index is 10.9. The number of non-ortho nitro benzene ring substituents is 1. The molecule has 1 aromatic carbocycles. The van der Waals surface area contributed by atoms with Crippen molar-refractivity contribution in [3.63, 3.8) is 0 Å². The number of nitrogens with one attached hydrogen (secondary N) is 2. The minimum Gasteiger partial charge on any atom is -0.383 e. The molecule has 0 atom stereocenters. The van der Waals surface area contributed by atoms with Crippen molar-refractivity contribution in [3.05, 3.63) is 22.2 Å². The van der Waals surface area contributed by atoms with Crippen molar-refractivity contribution in [2.45, 2.75) is 19.8 Å². The topological polar surface area (TPSA) is 106 Å². The van der Waals surface area contributed by atoms with Gasteiger partial charge in [-0.2, -0.15) is 0 Å². The lowest BCUT2D eigenvalue weighted by molar-refractivity contribution is -0.383. The van der Waals surface area contributed by atoms with Crippen LogP contribution in [0.2, 0.25) is 0 Å². The van der Waals surface area contributed by atoms with E-state index in [1.807, 2.05) is 0 Å². The molecule has 0 aliphatic carbocycles. The Labute approximate surface area is 115 Å². The number of nitro benzene ring substituents is 1. The molecule has 8 nitrogen and oxygen atoms in total. The highest BCUT2D eigenvalue weighted by molar-refractivity contribution is 5.93. The van der Waals surface area contributed by atoms with Crippen LogP contribution in [0.1, 0.15) is 19.8 Å². The molecule has 2 rings (SSSR count). The maximum Gasteiger partial charge on any atom is 0.300 e. The zero-order chi connectivity index (χ0) is 14.4. The van der Waals surface area contributed by atoms with Gasteiger partial charge < -0.3 is 10.6 Å². The second-order valence-electron chi connectivity index (χ2n) is 4.38. The number of anilines is 1. The fourth-order valence-electron chi connectivity index (χ4n) is 1.88. The SMILES string of the molecule is CCCNCCCNc1ccc([N+](=O)[O-])c2nonc12. The second-order valence-corrected chi connectivity index (χ2v) is 4.38. The molecule has 2 N–H and O–H groups in total. The van der Waals surface area contributed by atoms with Gasteiger partial charge in [-0.15, -0.1) is 0 Å². The molecule has 0 fully saturated rings. The van der Waals surface area contributed by atoms with Gasteiger partial charge in [0.25, 0.3) is 0 Å². The molecule has 0 saturated heterocycles. The van der Waals surface area contributed by atoms with E-state index in [2.05, 4.69) is 32.5 Å². The number of hydrogen-bond acceptors (Lipinski definition) is 7. The van der Waals surface area contributed by atoms with E-state index >= 15 is 0 Å². The predicted octanol–water partition coefficient (Wildman–Crippen LogP) is 1.93. The van der Waals surface area contributed by atoms with Gasteiger partial charge in [0, 0.05) is 12.6 Å². The van der Waals surface area contributed by atoms with E-state index in [-0.39, 0.29) is 11.2 Å². The van der Waals surface area contributed by atoms with E-state index < -0.39 is 4.92 Å². The van der Waals surface area contributed by atoms with Gasteiger partial charge in [0.1, 0.15) is 0 Å². The third-order valence-corrected chi connectivity index (χ3v) is 2.86. The Balaban J connectivity index is 1.99. The van der Waals surface area contributed by atoms with Crippen molar-refractivity contribution < 1.29 is 9.55 Å². The summed E-state index contributed by atoms with van der Waals surface area (Å²) in [6.07, 6.45) is 2.06. The Bertz CT molecular complexity index is 583. The van der Waals surface area contributed by atoms with Crippen LogP contribution in [0.15, 0.2) is 16.8 Å². The van der Waals surface area contributed by atoms with Crippen molar-refractivity contribution in [2.75, 3.05) is 25.0 Å². The first-order valence-electron chi connectivity index (χ1n) is 6.58. The summed E-state index contributed by atoms with van der Waals surface area (Å²) in [6, 6.07) is 3.04. The lowest BCUT2D eigenvalue weighted by atomic mass is 10.2. The number of hydrogen-bond donors (Lipinski definition) is 2. The molecule has 0 saturated carbocycles. The summed E-state index contributed by atoms with van der Waals surface area (Å²) in [5, 5.41) is 24.7. The molecule has 1 aromatic heterocycles. The van der Waals surface area contributed by atoms with Gasteiger partial charge in [0.15, 0.2) is 5.52 Å². The van der Waals surface area contributed by atoms with Crippen LogP contribution in [0.25, 0.3) is 11.0 Å². The van der Waals surface area contributed by atoms with Gasteiger partial charge in [-0.25, -0.2) is 4.63 Å². The number of rotatable bonds is 8. The quantitative estimate of drug-likeness (QED) is 0.432. The normalized spacial score (nSPS) is 10.8. The Morgan fingerprint density at radius 2 is 2.05 bits per heavy atom. The largest absolute Gasteiger partial charge is 0.383 e. The van der Waals surface area contributed by atoms with Gasteiger partial charge in [-0.1, -0.05) is 6.92 Å². The van der Waals surface area contributed by atoms with Gasteiger partial charge in [0.2, 0.25) is 5.52 Å². The lowest BCUT2D eigenvalue weighted by Gasteiger charge is -2.07. The van der Waals surface area contributed by atoms with Crippen molar-refractivity contribution in [1.82, 2.24) is 15.6 Å². The monoisotopic (exact) mass is 279 g/mol. The summed E-state index contributed by atoms with van der Waals surface area (Å²) >= 11 is 0. The van der Waals surface area contributed by atoms with Crippen molar-refractivity contribution in [3.8, 4) is 0 Å². The summed E-state index contributed by atoms with van der Waals surface area (Å²) in [6.45, 7) is 4.80. The number of benzene rings is 1. The first-order valence-corrected chi connectivity index (χ1v) is 6.58. The molecule has 0 unspecified atom stereocenters. The molecule has 0 radical (unpaired) electrons. The van der Waals surface area contributed by atoms with E-state index in [0.29, 0.717) is 11.2 Å². The first kappa shape index (κ1) is 14.2. The van der Waals surface area contributed by atoms with Crippen LogP contribution in [0.5, 0.6) is 0 Å². The summed E-state index contributed by atoms with van der Waals surface area (Å²) in [5.74, 6) is 0. The van der Waals surface area contributed by atoms with Gasteiger partial charge in [0.05, 0.1) is 10.6 Å². The molecule has 1 heterocycles. The minimum atomic E-state index is -0.495. The zero-order valence-electron chi connectivity index (χ0n) is 11.3. The van der Waals surface area contributed by atoms with Gasteiger partial charge in [-0.3, -0.25) is 10.1 Å². The van der Waals surface area contributed by atoms with E-state index in [4.69, 9.17) is 0 Å². The van der Waals surface area contributed by atoms with Crippen LogP contribution < -0.4 is 10.6 Å². The first-order chi connectivity index (χ1) is 9.74. The number of nitrogens with zero attached hydrogens (tertiary/aromatic N) is 3. The Hall–Kier alpha value is -2.22. The molecule has 0 spiro atoms. The van der Waals surface area contributed by atoms with Crippen LogP contribution in [-0.2, 0) is 0 Å². The number of fused-ring (bicyclic) bond motifs is 1. The molecule has 0 aliphatic heterocycles. The number of aromatic nitrogens is 2. The fraction of sp³-hybridized carbons (Fsp3) is 0.500. The van der Waals surface area contributed by atoms with Gasteiger partial charge in [-0.05, 0) is 42.3 Å². The standard InChI is InChI=1S/C12H17N5O3/c1-2-6-13-7-3-8-14-9-4-5-10(17(18)19)12-11(9)15-20-16-12/h4-5,13-14H,2-3,6-8H2,1H3. The van der Waals surface area contributed by atoms with Crippen LogP contribution in [0, 0.1) is 10.1 Å². The van der Waals surface area contributed by atoms with Crippen LogP contribution in [0.3, 0.4) is 0 Å². The predicted molar refractivity (Wildman–Crippen MR) is 74.7 cm³/mol. The third kappa shape index (κ3) is 3.21. The Morgan fingerprint density at radius 1 is 1.25 bits per heavy atom. The van der Waals surface area contributed by atoms with E-state index in [9.17, 15) is 10.1 Å². The second kappa shape index (κ2) is 6.80. The third-order valence-electron chi connectivity index (χ3n) is 2.86. The molecule has 20 heavy (non-hydrogen) atoms. The summed E-state index contributed by atoms with van der Waals surface area (Å²) in [4.78, 5) is 10.4. The molecular formula is C12H17N5O3. The van der Waals surface area contributed by atoms with E-state index in [1.165, 1.54) is 6.07 Å². The van der Waals surface area contributed by atoms with Gasteiger partial charge >= 0.3 is 5.69 Å². The summed E-state index contributed by atoms with van der Waals surface area (Å²) in [7, 11) is 0. The summed E-state index contributed by atoms with van der Waals surface area (Å²) < 4.78 is 4.60. The smallest absolute Gasteiger partial charge is 0.300 e. The number of nitro groups is 1. The van der Waals surface area contributed by atoms with Crippen molar-refractivity contribution >= 4 is 22.4 Å². The van der Waals surface area contributed by atoms with E-state index in [1.54, 1.807) is 6.07 Å². The molecule has 0 bridgehead atoms. The van der Waals surface area contributed by atoms with Crippen LogP contribution in [-0.4, -0.2) is 34.9 Å². The average molecular weight is 279 g/mol. The maximum atomic E-state index is 10.9. The zero-order valence-corrected chi connectivity index (χ0v) is 11.3. The highest BCUT2D eigenvalue weighted by atomic mass is 16.6. The molecule has 108 valence electrons. The molecule has 2 aromatic rings. The highest BCUT2D eigenvalue weighted by Gasteiger charge is 2.19. The molecule has 0 amide bonds.